The van der Waals surface area contributed by atoms with Gasteiger partial charge in [0.2, 0.25) is 0 Å². The molecule has 0 aliphatic heterocycles. The van der Waals surface area contributed by atoms with Crippen molar-refractivity contribution in [1.29, 1.82) is 0 Å². The molecule has 4 aromatic rings. The Balaban J connectivity index is 1.50. The van der Waals surface area contributed by atoms with Crippen LogP contribution < -0.4 is 10.1 Å². The van der Waals surface area contributed by atoms with Crippen molar-refractivity contribution in [3.63, 3.8) is 0 Å². The number of rotatable bonds is 6. The van der Waals surface area contributed by atoms with E-state index in [4.69, 9.17) is 11.6 Å². The summed E-state index contributed by atoms with van der Waals surface area (Å²) in [6.45, 7) is 3.83. The van der Waals surface area contributed by atoms with Crippen LogP contribution in [-0.2, 0) is 10.0 Å². The number of hydrazone groups is 1. The Hall–Kier alpha value is -3.21. The highest BCUT2D eigenvalue weighted by molar-refractivity contribution is 7.92. The molecule has 4 rings (SSSR count). The zero-order valence-corrected chi connectivity index (χ0v) is 19.4. The molecule has 164 valence electrons. The van der Waals surface area contributed by atoms with E-state index in [9.17, 15) is 13.2 Å². The van der Waals surface area contributed by atoms with Gasteiger partial charge in [-0.3, -0.25) is 13.9 Å². The van der Waals surface area contributed by atoms with Crippen molar-refractivity contribution in [2.24, 2.45) is 5.10 Å². The van der Waals surface area contributed by atoms with E-state index in [0.717, 1.165) is 22.0 Å². The summed E-state index contributed by atoms with van der Waals surface area (Å²) in [5, 5.41) is 6.51. The molecule has 0 radical (unpaired) electrons. The fraction of sp³-hybridized carbons (Fsp3) is 0.0952. The Morgan fingerprint density at radius 3 is 2.69 bits per heavy atom. The van der Waals surface area contributed by atoms with Crippen LogP contribution in [0.25, 0.3) is 4.96 Å². The molecule has 0 atom stereocenters. The van der Waals surface area contributed by atoms with Gasteiger partial charge >= 0.3 is 0 Å². The van der Waals surface area contributed by atoms with Crippen LogP contribution in [0.2, 0.25) is 5.02 Å². The lowest BCUT2D eigenvalue weighted by atomic mass is 10.2. The Morgan fingerprint density at radius 2 is 1.94 bits per heavy atom. The fourth-order valence-electron chi connectivity index (χ4n) is 3.03. The molecule has 2 aromatic carbocycles. The van der Waals surface area contributed by atoms with Crippen LogP contribution in [0.5, 0.6) is 0 Å². The lowest BCUT2D eigenvalue weighted by Gasteiger charge is -2.09. The minimum Gasteiger partial charge on any atom is -0.286 e. The van der Waals surface area contributed by atoms with E-state index in [0.29, 0.717) is 10.7 Å². The molecule has 0 saturated carbocycles. The van der Waals surface area contributed by atoms with Crippen molar-refractivity contribution in [1.82, 2.24) is 14.8 Å². The van der Waals surface area contributed by atoms with Gasteiger partial charge in [0.05, 0.1) is 22.5 Å². The summed E-state index contributed by atoms with van der Waals surface area (Å²) in [5.74, 6) is -0.537. The predicted octanol–water partition coefficient (Wildman–Crippen LogP) is 4.23. The van der Waals surface area contributed by atoms with E-state index in [1.807, 2.05) is 23.6 Å². The number of hydrogen-bond donors (Lipinski definition) is 2. The molecule has 0 saturated heterocycles. The summed E-state index contributed by atoms with van der Waals surface area (Å²) in [6, 6.07) is 12.0. The molecule has 32 heavy (non-hydrogen) atoms. The van der Waals surface area contributed by atoms with Gasteiger partial charge in [-0.25, -0.2) is 18.8 Å². The van der Waals surface area contributed by atoms with Gasteiger partial charge in [0.25, 0.3) is 15.9 Å². The van der Waals surface area contributed by atoms with Crippen LogP contribution in [0.3, 0.4) is 0 Å². The standard InChI is InChI=1S/C21H18ClN5O3S2/c1-13-12-31-21-24-14(2)19(27(13)21)11-23-25-20(28)15-4-3-5-18(10-15)32(29,30)26-17-8-6-16(22)7-9-17/h3-12,26H,1-2H3,(H,25,28)/b23-11+. The number of amides is 1. The van der Waals surface area contributed by atoms with Gasteiger partial charge in [0.1, 0.15) is 0 Å². The summed E-state index contributed by atoms with van der Waals surface area (Å²) >= 11 is 7.36. The summed E-state index contributed by atoms with van der Waals surface area (Å²) in [7, 11) is -3.89. The molecule has 2 heterocycles. The SMILES string of the molecule is Cc1nc2scc(C)n2c1/C=N/NC(=O)c1cccc(S(=O)(=O)Nc2ccc(Cl)cc2)c1. The highest BCUT2D eigenvalue weighted by atomic mass is 35.5. The van der Waals surface area contributed by atoms with E-state index < -0.39 is 15.9 Å². The van der Waals surface area contributed by atoms with Crippen molar-refractivity contribution >= 4 is 55.7 Å². The Labute approximate surface area is 193 Å². The largest absolute Gasteiger partial charge is 0.286 e. The van der Waals surface area contributed by atoms with E-state index >= 15 is 0 Å². The zero-order chi connectivity index (χ0) is 22.9. The summed E-state index contributed by atoms with van der Waals surface area (Å²) in [6.07, 6.45) is 1.52. The average molecular weight is 488 g/mol. The Bertz CT molecular complexity index is 1440. The smallest absolute Gasteiger partial charge is 0.271 e. The number of fused-ring (bicyclic) bond motifs is 1. The molecular formula is C21H18ClN5O3S2. The maximum atomic E-state index is 12.7. The van der Waals surface area contributed by atoms with Gasteiger partial charge in [-0.2, -0.15) is 5.10 Å². The number of sulfonamides is 1. The first-order valence-corrected chi connectivity index (χ1v) is 12.1. The quantitative estimate of drug-likeness (QED) is 0.313. The number of nitrogens with one attached hydrogen (secondary N) is 2. The minimum atomic E-state index is -3.89. The van der Waals surface area contributed by atoms with Crippen LogP contribution in [0.15, 0.2) is 63.9 Å². The first-order valence-electron chi connectivity index (χ1n) is 9.39. The molecule has 1 amide bonds. The predicted molar refractivity (Wildman–Crippen MR) is 126 cm³/mol. The Morgan fingerprint density at radius 1 is 1.19 bits per heavy atom. The molecule has 2 N–H and O–H groups in total. The molecule has 8 nitrogen and oxygen atoms in total. The maximum absolute atomic E-state index is 12.7. The van der Waals surface area contributed by atoms with Crippen LogP contribution in [0, 0.1) is 13.8 Å². The summed E-state index contributed by atoms with van der Waals surface area (Å²) in [4.78, 5) is 17.8. The Kier molecular flexibility index (Phi) is 6.00. The summed E-state index contributed by atoms with van der Waals surface area (Å²) in [5.41, 5.74) is 5.53. The number of carbonyl (C=O) groups is 1. The third-order valence-corrected chi connectivity index (χ3v) is 7.18. The number of anilines is 1. The first-order chi connectivity index (χ1) is 15.2. The number of hydrogen-bond acceptors (Lipinski definition) is 6. The van der Waals surface area contributed by atoms with Crippen LogP contribution in [0.4, 0.5) is 5.69 Å². The maximum Gasteiger partial charge on any atom is 0.271 e. The van der Waals surface area contributed by atoms with Crippen molar-refractivity contribution in [3.05, 3.63) is 81.6 Å². The number of halogens is 1. The van der Waals surface area contributed by atoms with Crippen LogP contribution >= 0.6 is 22.9 Å². The number of benzene rings is 2. The molecule has 0 spiro atoms. The molecule has 0 aliphatic rings. The van der Waals surface area contributed by atoms with Crippen molar-refractivity contribution in [3.8, 4) is 0 Å². The molecule has 11 heteroatoms. The molecule has 0 fully saturated rings. The van der Waals surface area contributed by atoms with Gasteiger partial charge in [0, 0.05) is 27.3 Å². The second kappa shape index (κ2) is 8.73. The summed E-state index contributed by atoms with van der Waals surface area (Å²) < 4.78 is 29.8. The number of thiazole rings is 1. The normalized spacial score (nSPS) is 11.8. The molecule has 2 aromatic heterocycles. The molecular weight excluding hydrogens is 470 g/mol. The fourth-order valence-corrected chi connectivity index (χ4v) is 5.18. The van der Waals surface area contributed by atoms with Crippen molar-refractivity contribution < 1.29 is 13.2 Å². The molecule has 0 aliphatic carbocycles. The number of imidazole rings is 1. The van der Waals surface area contributed by atoms with Crippen molar-refractivity contribution in [2.75, 3.05) is 4.72 Å². The van der Waals surface area contributed by atoms with Gasteiger partial charge in [-0.05, 0) is 56.3 Å². The first kappa shape index (κ1) is 22.0. The second-order valence-corrected chi connectivity index (χ2v) is 9.87. The highest BCUT2D eigenvalue weighted by Gasteiger charge is 2.17. The molecule has 0 unspecified atom stereocenters. The molecule has 0 bridgehead atoms. The third-order valence-electron chi connectivity index (χ3n) is 4.61. The number of nitrogens with zero attached hydrogens (tertiary/aromatic N) is 3. The van der Waals surface area contributed by atoms with Gasteiger partial charge < -0.3 is 0 Å². The van der Waals surface area contributed by atoms with Crippen molar-refractivity contribution in [2.45, 2.75) is 18.7 Å². The van der Waals surface area contributed by atoms with E-state index in [1.54, 1.807) is 24.3 Å². The highest BCUT2D eigenvalue weighted by Crippen LogP contribution is 2.20. The van der Waals surface area contributed by atoms with Gasteiger partial charge in [-0.1, -0.05) is 17.7 Å². The lowest BCUT2D eigenvalue weighted by Crippen LogP contribution is -2.19. The van der Waals surface area contributed by atoms with Gasteiger partial charge in [-0.15, -0.1) is 11.3 Å². The number of aryl methyl sites for hydroxylation is 2. The second-order valence-electron chi connectivity index (χ2n) is 6.92. The minimum absolute atomic E-state index is 0.0497. The van der Waals surface area contributed by atoms with Gasteiger partial charge in [0.15, 0.2) is 4.96 Å². The van der Waals surface area contributed by atoms with E-state index in [1.165, 1.54) is 41.8 Å². The average Bonchev–Trinajstić information content (AvgIpc) is 3.28. The lowest BCUT2D eigenvalue weighted by molar-refractivity contribution is 0.0955. The monoisotopic (exact) mass is 487 g/mol. The number of aromatic nitrogens is 2. The third kappa shape index (κ3) is 4.52. The van der Waals surface area contributed by atoms with E-state index in [2.05, 4.69) is 20.2 Å². The van der Waals surface area contributed by atoms with Crippen LogP contribution in [-0.4, -0.2) is 29.9 Å². The van der Waals surface area contributed by atoms with E-state index in [-0.39, 0.29) is 10.5 Å². The topological polar surface area (TPSA) is 105 Å². The zero-order valence-electron chi connectivity index (χ0n) is 17.0. The number of carbonyl (C=O) groups excluding carboxylic acids is 1. The van der Waals surface area contributed by atoms with Crippen LogP contribution in [0.1, 0.15) is 27.4 Å².